The van der Waals surface area contributed by atoms with Gasteiger partial charge in [-0.3, -0.25) is 9.59 Å². The third kappa shape index (κ3) is 4.70. The van der Waals surface area contributed by atoms with E-state index in [0.717, 1.165) is 16.7 Å². The number of aromatic nitrogens is 2. The summed E-state index contributed by atoms with van der Waals surface area (Å²) in [5, 5.41) is 16.0. The summed E-state index contributed by atoms with van der Waals surface area (Å²) in [5.41, 5.74) is 3.81. The number of carbonyl (C=O) groups is 2. The van der Waals surface area contributed by atoms with Crippen molar-refractivity contribution in [3.8, 4) is 28.1 Å². The Kier molecular flexibility index (Phi) is 6.75. The van der Waals surface area contributed by atoms with Crippen molar-refractivity contribution in [1.29, 1.82) is 0 Å². The summed E-state index contributed by atoms with van der Waals surface area (Å²) in [5.74, 6) is -0.456. The fraction of sp³-hybridized carbons (Fsp3) is 0.100. The molecule has 198 valence electrons. The van der Waals surface area contributed by atoms with Crippen LogP contribution >= 0.6 is 22.9 Å². The molecule has 0 radical (unpaired) electrons. The second kappa shape index (κ2) is 10.5. The van der Waals surface area contributed by atoms with Crippen LogP contribution in [0.3, 0.4) is 0 Å². The molecule has 40 heavy (non-hydrogen) atoms. The van der Waals surface area contributed by atoms with Gasteiger partial charge in [0.2, 0.25) is 12.1 Å². The van der Waals surface area contributed by atoms with E-state index < -0.39 is 12.2 Å². The first kappa shape index (κ1) is 25.7. The van der Waals surface area contributed by atoms with Crippen LogP contribution in [0.5, 0.6) is 5.75 Å². The topological polar surface area (TPSA) is 94.0 Å². The zero-order chi connectivity index (χ0) is 27.8. The molecule has 1 aliphatic rings. The lowest BCUT2D eigenvalue weighted by Crippen LogP contribution is -2.25. The summed E-state index contributed by atoms with van der Waals surface area (Å²) in [4.78, 5) is 25.9. The summed E-state index contributed by atoms with van der Waals surface area (Å²) < 4.78 is 12.1. The fourth-order valence-corrected chi connectivity index (χ4v) is 5.64. The van der Waals surface area contributed by atoms with Crippen LogP contribution in [-0.4, -0.2) is 33.0 Å². The molecule has 0 fully saturated rings. The van der Waals surface area contributed by atoms with Gasteiger partial charge in [-0.05, 0) is 17.7 Å². The molecule has 10 heteroatoms. The number of esters is 1. The molecule has 1 atom stereocenters. The van der Waals surface area contributed by atoms with Gasteiger partial charge in [0.25, 0.3) is 5.90 Å². The van der Waals surface area contributed by atoms with Gasteiger partial charge in [0.1, 0.15) is 10.6 Å². The minimum Gasteiger partial charge on any atom is -0.445 e. The lowest BCUT2D eigenvalue weighted by atomic mass is 9.97. The fourth-order valence-electron chi connectivity index (χ4n) is 4.53. The van der Waals surface area contributed by atoms with Crippen molar-refractivity contribution in [2.45, 2.75) is 20.1 Å². The van der Waals surface area contributed by atoms with Gasteiger partial charge in [-0.15, -0.1) is 26.6 Å². The number of carbonyl (C=O) groups excluding carboxylic acids is 2. The van der Waals surface area contributed by atoms with Crippen LogP contribution in [0.15, 0.2) is 90.0 Å². The van der Waals surface area contributed by atoms with Gasteiger partial charge in [-0.1, -0.05) is 84.4 Å². The van der Waals surface area contributed by atoms with Crippen molar-refractivity contribution in [2.75, 3.05) is 0 Å². The Morgan fingerprint density at radius 2 is 1.55 bits per heavy atom. The zero-order valence-electron chi connectivity index (χ0n) is 21.4. The van der Waals surface area contributed by atoms with Crippen LogP contribution in [0.1, 0.15) is 30.5 Å². The third-order valence-electron chi connectivity index (χ3n) is 6.24. The highest BCUT2D eigenvalue weighted by atomic mass is 35.5. The predicted octanol–water partition coefficient (Wildman–Crippen LogP) is 6.84. The molecule has 8 nitrogen and oxygen atoms in total. The molecular weight excluding hydrogens is 548 g/mol. The van der Waals surface area contributed by atoms with Crippen molar-refractivity contribution < 1.29 is 19.1 Å². The molecule has 1 amide bonds. The standard InChI is InChI=1S/C30H21ClN4O4S/c1-17(36)35-30(21-13-15-22(31)16-14-21)39-28(34-35)27-26(38-18(2)37)24-23(19-9-5-3-6-10-19)25(32-33-29(24)40-27)20-11-7-4-8-12-20/h3-16,30H,1-2H3. The molecule has 0 N–H and O–H groups in total. The molecule has 1 aliphatic heterocycles. The number of halogens is 1. The highest BCUT2D eigenvalue weighted by Crippen LogP contribution is 2.47. The van der Waals surface area contributed by atoms with E-state index in [1.54, 1.807) is 24.3 Å². The van der Waals surface area contributed by atoms with E-state index >= 15 is 0 Å². The molecule has 0 saturated heterocycles. The number of ether oxygens (including phenoxy) is 2. The average molecular weight is 569 g/mol. The molecule has 5 aromatic rings. The van der Waals surface area contributed by atoms with Gasteiger partial charge in [-0.25, -0.2) is 0 Å². The number of hydrazone groups is 1. The summed E-state index contributed by atoms with van der Waals surface area (Å²) in [6.45, 7) is 2.74. The van der Waals surface area contributed by atoms with Crippen LogP contribution in [0, 0.1) is 0 Å². The van der Waals surface area contributed by atoms with Crippen molar-refractivity contribution in [3.05, 3.63) is 100 Å². The van der Waals surface area contributed by atoms with E-state index in [4.69, 9.17) is 21.1 Å². The molecule has 6 rings (SSSR count). The summed E-state index contributed by atoms with van der Waals surface area (Å²) in [6, 6.07) is 26.4. The number of amides is 1. The van der Waals surface area contributed by atoms with E-state index in [2.05, 4.69) is 15.3 Å². The van der Waals surface area contributed by atoms with Gasteiger partial charge >= 0.3 is 5.97 Å². The highest BCUT2D eigenvalue weighted by molar-refractivity contribution is 7.21. The molecule has 0 bridgehead atoms. The van der Waals surface area contributed by atoms with Gasteiger partial charge in [0.05, 0.1) is 5.39 Å². The van der Waals surface area contributed by atoms with Crippen LogP contribution in [0.2, 0.25) is 5.02 Å². The van der Waals surface area contributed by atoms with Gasteiger partial charge < -0.3 is 9.47 Å². The Morgan fingerprint density at radius 3 is 2.17 bits per heavy atom. The monoisotopic (exact) mass is 568 g/mol. The van der Waals surface area contributed by atoms with Crippen LogP contribution in [0.25, 0.3) is 32.6 Å². The number of hydrogen-bond donors (Lipinski definition) is 0. The first-order valence-electron chi connectivity index (χ1n) is 12.3. The Balaban J connectivity index is 1.58. The van der Waals surface area contributed by atoms with Gasteiger partial charge in [0, 0.05) is 35.6 Å². The molecular formula is C30H21ClN4O4S. The number of rotatable bonds is 5. The van der Waals surface area contributed by atoms with E-state index in [0.29, 0.717) is 31.4 Å². The number of fused-ring (bicyclic) bond motifs is 1. The first-order chi connectivity index (χ1) is 19.4. The van der Waals surface area contributed by atoms with Crippen LogP contribution < -0.4 is 4.74 Å². The number of benzene rings is 3. The highest BCUT2D eigenvalue weighted by Gasteiger charge is 2.37. The van der Waals surface area contributed by atoms with Crippen molar-refractivity contribution in [3.63, 3.8) is 0 Å². The lowest BCUT2D eigenvalue weighted by molar-refractivity contribution is -0.135. The quantitative estimate of drug-likeness (QED) is 0.215. The third-order valence-corrected chi connectivity index (χ3v) is 7.54. The lowest BCUT2D eigenvalue weighted by Gasteiger charge is -2.19. The maximum Gasteiger partial charge on any atom is 0.308 e. The number of thiophene rings is 1. The van der Waals surface area contributed by atoms with E-state index in [-0.39, 0.29) is 17.6 Å². The van der Waals surface area contributed by atoms with E-state index in [9.17, 15) is 9.59 Å². The first-order valence-corrected chi connectivity index (χ1v) is 13.5. The SMILES string of the molecule is CC(=O)Oc1c(C2=NN(C(C)=O)C(c3ccc(Cl)cc3)O2)sc2nnc(-c3ccccc3)c(-c3ccccc3)c12. The molecule has 0 aliphatic carbocycles. The van der Waals surface area contributed by atoms with E-state index in [1.807, 2.05) is 60.7 Å². The molecule has 1 unspecified atom stereocenters. The number of nitrogens with zero attached hydrogens (tertiary/aromatic N) is 4. The normalized spacial score (nSPS) is 14.6. The summed E-state index contributed by atoms with van der Waals surface area (Å²) in [7, 11) is 0. The average Bonchev–Trinajstić information content (AvgIpc) is 3.56. The minimum atomic E-state index is -0.820. The van der Waals surface area contributed by atoms with Crippen molar-refractivity contribution in [2.24, 2.45) is 5.10 Å². The molecule has 3 aromatic carbocycles. The molecule has 0 saturated carbocycles. The maximum absolute atomic E-state index is 12.6. The van der Waals surface area contributed by atoms with Gasteiger partial charge in [-0.2, -0.15) is 5.01 Å². The molecule has 2 aromatic heterocycles. The van der Waals surface area contributed by atoms with Crippen LogP contribution in [0.4, 0.5) is 0 Å². The molecule has 0 spiro atoms. The Hall–Kier alpha value is -4.60. The minimum absolute atomic E-state index is 0.134. The Labute approximate surface area is 238 Å². The Morgan fingerprint density at radius 1 is 0.900 bits per heavy atom. The largest absolute Gasteiger partial charge is 0.445 e. The number of hydrogen-bond acceptors (Lipinski definition) is 8. The zero-order valence-corrected chi connectivity index (χ0v) is 22.9. The van der Waals surface area contributed by atoms with Crippen molar-refractivity contribution in [1.82, 2.24) is 15.2 Å². The maximum atomic E-state index is 12.6. The summed E-state index contributed by atoms with van der Waals surface area (Å²) >= 11 is 7.29. The molecule has 3 heterocycles. The van der Waals surface area contributed by atoms with Crippen molar-refractivity contribution >= 4 is 50.9 Å². The van der Waals surface area contributed by atoms with Gasteiger partial charge in [0.15, 0.2) is 10.6 Å². The second-order valence-electron chi connectivity index (χ2n) is 8.98. The summed E-state index contributed by atoms with van der Waals surface area (Å²) in [6.07, 6.45) is -0.820. The smallest absolute Gasteiger partial charge is 0.308 e. The second-order valence-corrected chi connectivity index (χ2v) is 10.4. The Bertz CT molecular complexity index is 1770. The van der Waals surface area contributed by atoms with E-state index in [1.165, 1.54) is 30.2 Å². The predicted molar refractivity (Wildman–Crippen MR) is 154 cm³/mol. The van der Waals surface area contributed by atoms with Crippen LogP contribution in [-0.2, 0) is 14.3 Å².